The molecule has 0 bridgehead atoms. The van der Waals surface area contributed by atoms with Crippen LogP contribution < -0.4 is 0 Å². The van der Waals surface area contributed by atoms with Crippen molar-refractivity contribution in [2.24, 2.45) is 28.6 Å². The smallest absolute Gasteiger partial charge is 0.155 e. The van der Waals surface area contributed by atoms with Crippen LogP contribution in [0, 0.1) is 28.6 Å². The summed E-state index contributed by atoms with van der Waals surface area (Å²) in [6.07, 6.45) is 12.4. The number of hydrogen-bond donors (Lipinski definition) is 0. The largest absolute Gasteiger partial charge is 0.299 e. The lowest BCUT2D eigenvalue weighted by molar-refractivity contribution is -0.132. The summed E-state index contributed by atoms with van der Waals surface area (Å²) in [5.41, 5.74) is 1.65. The van der Waals surface area contributed by atoms with Crippen molar-refractivity contribution in [1.82, 2.24) is 0 Å². The number of fused-ring (bicyclic) bond motifs is 5. The fraction of sp³-hybridized carbons (Fsp3) is 0.800. The second kappa shape index (κ2) is 5.47. The summed E-state index contributed by atoms with van der Waals surface area (Å²) >= 11 is 1.86. The zero-order valence-corrected chi connectivity index (χ0v) is 15.2. The summed E-state index contributed by atoms with van der Waals surface area (Å²) in [4.78, 5) is 24.6. The van der Waals surface area contributed by atoms with Crippen molar-refractivity contribution in [1.29, 1.82) is 0 Å². The van der Waals surface area contributed by atoms with Gasteiger partial charge in [-0.15, -0.1) is 0 Å². The maximum Gasteiger partial charge on any atom is 0.155 e. The van der Waals surface area contributed by atoms with Crippen LogP contribution in [0.25, 0.3) is 0 Å². The normalized spacial score (nSPS) is 46.0. The Labute approximate surface area is 143 Å². The minimum atomic E-state index is -0.0113. The zero-order valence-electron chi connectivity index (χ0n) is 14.4. The fourth-order valence-corrected chi connectivity index (χ4v) is 7.70. The first-order valence-electron chi connectivity index (χ1n) is 9.27. The SMILES string of the molecule is CSC[C@]12CC[C@H]3[C@@H](CCC4=CC(=O)CC[C@@]43C)[C@@H]1CCC2=O. The van der Waals surface area contributed by atoms with Crippen LogP contribution in [0.15, 0.2) is 11.6 Å². The number of rotatable bonds is 2. The van der Waals surface area contributed by atoms with Gasteiger partial charge in [0.1, 0.15) is 5.78 Å². The van der Waals surface area contributed by atoms with Crippen LogP contribution in [-0.4, -0.2) is 23.6 Å². The Morgan fingerprint density at radius 2 is 1.91 bits per heavy atom. The van der Waals surface area contributed by atoms with Gasteiger partial charge < -0.3 is 0 Å². The predicted octanol–water partition coefficient (Wildman–Crippen LogP) is 4.43. The maximum atomic E-state index is 12.7. The van der Waals surface area contributed by atoms with Crippen molar-refractivity contribution < 1.29 is 9.59 Å². The van der Waals surface area contributed by atoms with E-state index in [-0.39, 0.29) is 10.8 Å². The molecule has 23 heavy (non-hydrogen) atoms. The monoisotopic (exact) mass is 332 g/mol. The average Bonchev–Trinajstić information content (AvgIpc) is 2.86. The molecule has 2 nitrogen and oxygen atoms in total. The summed E-state index contributed by atoms with van der Waals surface area (Å²) in [5, 5.41) is 0. The fourth-order valence-electron chi connectivity index (χ4n) is 6.66. The van der Waals surface area contributed by atoms with E-state index in [9.17, 15) is 9.59 Å². The highest BCUT2D eigenvalue weighted by atomic mass is 32.2. The van der Waals surface area contributed by atoms with E-state index < -0.39 is 0 Å². The van der Waals surface area contributed by atoms with Gasteiger partial charge in [-0.3, -0.25) is 9.59 Å². The molecule has 3 fully saturated rings. The first-order valence-corrected chi connectivity index (χ1v) is 10.7. The maximum absolute atomic E-state index is 12.7. The minimum Gasteiger partial charge on any atom is -0.299 e. The molecule has 0 amide bonds. The van der Waals surface area contributed by atoms with Gasteiger partial charge >= 0.3 is 0 Å². The van der Waals surface area contributed by atoms with Crippen LogP contribution in [0.5, 0.6) is 0 Å². The standard InChI is InChI=1S/C20H28O2S/c1-19-9-7-14(21)11-13(19)3-4-15-16(19)8-10-20(12-23-2)17(15)5-6-18(20)22/h11,15-17H,3-10,12H2,1-2H3/t15-,16+,17+,19+,20-/m1/s1. The van der Waals surface area contributed by atoms with E-state index in [2.05, 4.69) is 13.2 Å². The Bertz CT molecular complexity index is 580. The number of carbonyl (C=O) groups excluding carboxylic acids is 2. The Morgan fingerprint density at radius 1 is 1.09 bits per heavy atom. The Balaban J connectivity index is 1.69. The predicted molar refractivity (Wildman–Crippen MR) is 94.4 cm³/mol. The van der Waals surface area contributed by atoms with E-state index in [1.165, 1.54) is 18.4 Å². The number of Topliss-reactive ketones (excluding diaryl/α,β-unsaturated/α-hetero) is 1. The summed E-state index contributed by atoms with van der Waals surface area (Å²) in [5.74, 6) is 3.92. The second-order valence-corrected chi connectivity index (χ2v) is 9.42. The van der Waals surface area contributed by atoms with Gasteiger partial charge in [0.2, 0.25) is 0 Å². The van der Waals surface area contributed by atoms with Crippen molar-refractivity contribution in [3.8, 4) is 0 Å². The molecule has 3 saturated carbocycles. The van der Waals surface area contributed by atoms with Crippen LogP contribution in [0.3, 0.4) is 0 Å². The molecule has 0 aliphatic heterocycles. The Kier molecular flexibility index (Phi) is 3.79. The molecule has 3 heteroatoms. The lowest BCUT2D eigenvalue weighted by Gasteiger charge is -2.57. The third kappa shape index (κ3) is 2.14. The minimum absolute atomic E-state index is 0.0113. The molecule has 126 valence electrons. The van der Waals surface area contributed by atoms with Gasteiger partial charge in [-0.05, 0) is 74.0 Å². The lowest BCUT2D eigenvalue weighted by atomic mass is 9.47. The summed E-state index contributed by atoms with van der Waals surface area (Å²) in [6.45, 7) is 2.42. The van der Waals surface area contributed by atoms with Gasteiger partial charge in [0.25, 0.3) is 0 Å². The summed E-state index contributed by atoms with van der Waals surface area (Å²) in [7, 11) is 0. The van der Waals surface area contributed by atoms with E-state index in [0.717, 1.165) is 44.3 Å². The second-order valence-electron chi connectivity index (χ2n) is 8.56. The van der Waals surface area contributed by atoms with Gasteiger partial charge in [0, 0.05) is 24.0 Å². The molecule has 0 spiro atoms. The number of thioether (sulfide) groups is 1. The third-order valence-corrected chi connectivity index (χ3v) is 8.61. The topological polar surface area (TPSA) is 34.1 Å². The molecule has 0 N–H and O–H groups in total. The summed E-state index contributed by atoms with van der Waals surface area (Å²) in [6, 6.07) is 0. The van der Waals surface area contributed by atoms with Crippen molar-refractivity contribution in [2.45, 2.75) is 58.3 Å². The zero-order chi connectivity index (χ0) is 16.2. The molecule has 0 aromatic carbocycles. The lowest BCUT2D eigenvalue weighted by Crippen LogP contribution is -2.52. The molecule has 4 aliphatic rings. The van der Waals surface area contributed by atoms with E-state index >= 15 is 0 Å². The molecular weight excluding hydrogens is 304 g/mol. The number of hydrogen-bond acceptors (Lipinski definition) is 3. The Hall–Kier alpha value is -0.570. The van der Waals surface area contributed by atoms with Crippen LogP contribution in [0.2, 0.25) is 0 Å². The molecule has 0 aromatic rings. The molecular formula is C20H28O2S. The molecule has 0 aromatic heterocycles. The van der Waals surface area contributed by atoms with Crippen molar-refractivity contribution in [3.05, 3.63) is 11.6 Å². The molecule has 0 heterocycles. The highest BCUT2D eigenvalue weighted by molar-refractivity contribution is 7.98. The molecule has 0 radical (unpaired) electrons. The van der Waals surface area contributed by atoms with Gasteiger partial charge in [-0.2, -0.15) is 11.8 Å². The van der Waals surface area contributed by atoms with Crippen LogP contribution >= 0.6 is 11.8 Å². The molecule has 5 atom stereocenters. The van der Waals surface area contributed by atoms with Crippen LogP contribution in [0.1, 0.15) is 58.3 Å². The molecule has 0 saturated heterocycles. The third-order valence-electron chi connectivity index (χ3n) is 7.81. The van der Waals surface area contributed by atoms with Crippen molar-refractivity contribution >= 4 is 23.3 Å². The van der Waals surface area contributed by atoms with Gasteiger partial charge in [0.15, 0.2) is 5.78 Å². The van der Waals surface area contributed by atoms with Gasteiger partial charge in [0.05, 0.1) is 0 Å². The van der Waals surface area contributed by atoms with E-state index in [1.54, 1.807) is 0 Å². The van der Waals surface area contributed by atoms with Crippen molar-refractivity contribution in [2.75, 3.05) is 12.0 Å². The van der Waals surface area contributed by atoms with E-state index in [1.807, 2.05) is 17.8 Å². The van der Waals surface area contributed by atoms with Crippen molar-refractivity contribution in [3.63, 3.8) is 0 Å². The number of ketones is 2. The first-order chi connectivity index (χ1) is 11.0. The average molecular weight is 333 g/mol. The van der Waals surface area contributed by atoms with E-state index in [0.29, 0.717) is 29.3 Å². The van der Waals surface area contributed by atoms with Crippen LogP contribution in [-0.2, 0) is 9.59 Å². The van der Waals surface area contributed by atoms with E-state index in [4.69, 9.17) is 0 Å². The molecule has 0 unspecified atom stereocenters. The van der Waals surface area contributed by atoms with Gasteiger partial charge in [-0.1, -0.05) is 12.5 Å². The number of allylic oxidation sites excluding steroid dienone is 1. The van der Waals surface area contributed by atoms with Gasteiger partial charge in [-0.25, -0.2) is 0 Å². The highest BCUT2D eigenvalue weighted by Crippen LogP contribution is 2.64. The highest BCUT2D eigenvalue weighted by Gasteiger charge is 2.60. The quantitative estimate of drug-likeness (QED) is 0.750. The van der Waals surface area contributed by atoms with Crippen LogP contribution in [0.4, 0.5) is 0 Å². The number of carbonyl (C=O) groups is 2. The molecule has 4 aliphatic carbocycles. The Morgan fingerprint density at radius 3 is 2.70 bits per heavy atom. The first kappa shape index (κ1) is 15.9. The molecule has 4 rings (SSSR count). The summed E-state index contributed by atoms with van der Waals surface area (Å²) < 4.78 is 0.